The van der Waals surface area contributed by atoms with Crippen molar-refractivity contribution in [2.45, 2.75) is 37.6 Å². The molecule has 0 saturated heterocycles. The Morgan fingerprint density at radius 2 is 2.07 bits per heavy atom. The maximum absolute atomic E-state index is 8.66. The quantitative estimate of drug-likeness (QED) is 0.632. The van der Waals surface area contributed by atoms with E-state index >= 15 is 0 Å². The summed E-state index contributed by atoms with van der Waals surface area (Å²) in [5.41, 5.74) is 1.43. The second-order valence-corrected chi connectivity index (χ2v) is 5.68. The van der Waals surface area contributed by atoms with Crippen molar-refractivity contribution in [3.63, 3.8) is 0 Å². The lowest BCUT2D eigenvalue weighted by Crippen LogP contribution is -2.11. The van der Waals surface area contributed by atoms with E-state index in [0.29, 0.717) is 0 Å². The van der Waals surface area contributed by atoms with E-state index in [1.54, 1.807) is 11.8 Å². The molecule has 1 aromatic heterocycles. The average Bonchev–Trinajstić information content (AvgIpc) is 2.18. The summed E-state index contributed by atoms with van der Waals surface area (Å²) in [6, 6.07) is 4.19. The van der Waals surface area contributed by atoms with Crippen molar-refractivity contribution >= 4 is 11.8 Å². The van der Waals surface area contributed by atoms with E-state index < -0.39 is 0 Å². The van der Waals surface area contributed by atoms with E-state index in [0.717, 1.165) is 17.2 Å². The predicted molar refractivity (Wildman–Crippen MR) is 65.4 cm³/mol. The van der Waals surface area contributed by atoms with Gasteiger partial charge < -0.3 is 5.11 Å². The molecule has 2 nitrogen and oxygen atoms in total. The van der Waals surface area contributed by atoms with Gasteiger partial charge in [-0.3, -0.25) is 0 Å². The summed E-state index contributed by atoms with van der Waals surface area (Å²) in [6.07, 6.45) is 2.77. The summed E-state index contributed by atoms with van der Waals surface area (Å²) in [6.45, 7) is 6.81. The van der Waals surface area contributed by atoms with Crippen LogP contribution in [0.2, 0.25) is 0 Å². The van der Waals surface area contributed by atoms with Crippen LogP contribution in [0.3, 0.4) is 0 Å². The average molecular weight is 225 g/mol. The number of thioether (sulfide) groups is 1. The van der Waals surface area contributed by atoms with Crippen LogP contribution in [0.5, 0.6) is 0 Å². The molecule has 0 aliphatic rings. The summed E-state index contributed by atoms with van der Waals surface area (Å²) < 4.78 is 0. The van der Waals surface area contributed by atoms with E-state index in [1.807, 2.05) is 6.20 Å². The normalized spacial score (nSPS) is 11.7. The van der Waals surface area contributed by atoms with Crippen LogP contribution in [-0.2, 0) is 5.41 Å². The first kappa shape index (κ1) is 12.5. The highest BCUT2D eigenvalue weighted by Gasteiger charge is 2.13. The SMILES string of the molecule is CC(C)(C)c1ccc(SCCCO)nc1. The number of nitrogens with zero attached hydrogens (tertiary/aromatic N) is 1. The number of hydrogen-bond acceptors (Lipinski definition) is 3. The van der Waals surface area contributed by atoms with Gasteiger partial charge in [0.15, 0.2) is 0 Å². The first-order valence-electron chi connectivity index (χ1n) is 5.24. The lowest BCUT2D eigenvalue weighted by atomic mass is 9.88. The summed E-state index contributed by atoms with van der Waals surface area (Å²) in [4.78, 5) is 4.40. The Balaban J connectivity index is 2.57. The van der Waals surface area contributed by atoms with Crippen LogP contribution in [-0.4, -0.2) is 22.5 Å². The molecule has 1 rings (SSSR count). The Kier molecular flexibility index (Phi) is 4.61. The van der Waals surface area contributed by atoms with Crippen LogP contribution in [0.15, 0.2) is 23.4 Å². The topological polar surface area (TPSA) is 33.1 Å². The van der Waals surface area contributed by atoms with Gasteiger partial charge in [-0.1, -0.05) is 26.8 Å². The Morgan fingerprint density at radius 1 is 1.33 bits per heavy atom. The number of aliphatic hydroxyl groups is 1. The minimum absolute atomic E-state index is 0.168. The molecular formula is C12H19NOS. The minimum Gasteiger partial charge on any atom is -0.396 e. The van der Waals surface area contributed by atoms with Gasteiger partial charge in [-0.05, 0) is 23.5 Å². The highest BCUT2D eigenvalue weighted by Crippen LogP contribution is 2.23. The molecule has 15 heavy (non-hydrogen) atoms. The number of pyridine rings is 1. The third kappa shape index (κ3) is 4.22. The monoisotopic (exact) mass is 225 g/mol. The molecule has 1 aromatic rings. The van der Waals surface area contributed by atoms with Gasteiger partial charge in [-0.15, -0.1) is 11.8 Å². The van der Waals surface area contributed by atoms with Crippen LogP contribution in [0.25, 0.3) is 0 Å². The van der Waals surface area contributed by atoms with E-state index in [1.165, 1.54) is 5.56 Å². The zero-order valence-corrected chi connectivity index (χ0v) is 10.5. The highest BCUT2D eigenvalue weighted by atomic mass is 32.2. The molecule has 0 amide bonds. The molecule has 0 aliphatic carbocycles. The van der Waals surface area contributed by atoms with Crippen LogP contribution in [0, 0.1) is 0 Å². The van der Waals surface area contributed by atoms with Gasteiger partial charge in [0.1, 0.15) is 0 Å². The maximum atomic E-state index is 8.66. The fourth-order valence-corrected chi connectivity index (χ4v) is 1.92. The number of hydrogen-bond donors (Lipinski definition) is 1. The zero-order valence-electron chi connectivity index (χ0n) is 9.66. The summed E-state index contributed by atoms with van der Waals surface area (Å²) >= 11 is 1.69. The summed E-state index contributed by atoms with van der Waals surface area (Å²) in [5.74, 6) is 0.929. The number of aromatic nitrogens is 1. The molecule has 0 radical (unpaired) electrons. The minimum atomic E-state index is 0.168. The Morgan fingerprint density at radius 3 is 2.53 bits per heavy atom. The lowest BCUT2D eigenvalue weighted by Gasteiger charge is -2.18. The molecule has 0 fully saturated rings. The lowest BCUT2D eigenvalue weighted by molar-refractivity contribution is 0.296. The van der Waals surface area contributed by atoms with E-state index in [-0.39, 0.29) is 12.0 Å². The van der Waals surface area contributed by atoms with Gasteiger partial charge in [-0.25, -0.2) is 4.98 Å². The maximum Gasteiger partial charge on any atom is 0.0960 e. The molecule has 0 spiro atoms. The van der Waals surface area contributed by atoms with E-state index in [4.69, 9.17) is 5.11 Å². The largest absolute Gasteiger partial charge is 0.396 e. The van der Waals surface area contributed by atoms with Crippen molar-refractivity contribution in [1.29, 1.82) is 0 Å². The number of rotatable bonds is 4. The smallest absolute Gasteiger partial charge is 0.0960 e. The van der Waals surface area contributed by atoms with Crippen LogP contribution in [0.1, 0.15) is 32.8 Å². The molecule has 0 atom stereocenters. The molecule has 0 bridgehead atoms. The van der Waals surface area contributed by atoms with Crippen molar-refractivity contribution in [1.82, 2.24) is 4.98 Å². The van der Waals surface area contributed by atoms with Gasteiger partial charge in [0.25, 0.3) is 0 Å². The molecule has 0 saturated carbocycles. The van der Waals surface area contributed by atoms with Crippen molar-refractivity contribution in [3.05, 3.63) is 23.9 Å². The van der Waals surface area contributed by atoms with Gasteiger partial charge in [0.2, 0.25) is 0 Å². The standard InChI is InChI=1S/C12H19NOS/c1-12(2,3)10-5-6-11(13-9-10)15-8-4-7-14/h5-6,9,14H,4,7-8H2,1-3H3. The molecule has 0 unspecified atom stereocenters. The molecule has 0 aliphatic heterocycles. The summed E-state index contributed by atoms with van der Waals surface area (Å²) in [5, 5.41) is 9.70. The van der Waals surface area contributed by atoms with Gasteiger partial charge >= 0.3 is 0 Å². The highest BCUT2D eigenvalue weighted by molar-refractivity contribution is 7.99. The number of aliphatic hydroxyl groups excluding tert-OH is 1. The fourth-order valence-electron chi connectivity index (χ4n) is 1.15. The molecule has 1 N–H and O–H groups in total. The predicted octanol–water partition coefficient (Wildman–Crippen LogP) is 2.85. The van der Waals surface area contributed by atoms with Crippen LogP contribution in [0.4, 0.5) is 0 Å². The Labute approximate surface area is 96.1 Å². The van der Waals surface area contributed by atoms with Crippen molar-refractivity contribution in [2.75, 3.05) is 12.4 Å². The van der Waals surface area contributed by atoms with Gasteiger partial charge in [0.05, 0.1) is 5.03 Å². The first-order chi connectivity index (χ1) is 7.04. The fraction of sp³-hybridized carbons (Fsp3) is 0.583. The second-order valence-electron chi connectivity index (χ2n) is 4.56. The van der Waals surface area contributed by atoms with E-state index in [9.17, 15) is 0 Å². The molecule has 84 valence electrons. The van der Waals surface area contributed by atoms with Crippen LogP contribution >= 0.6 is 11.8 Å². The third-order valence-corrected chi connectivity index (χ3v) is 3.18. The van der Waals surface area contributed by atoms with Crippen molar-refractivity contribution in [3.8, 4) is 0 Å². The zero-order chi connectivity index (χ0) is 11.3. The molecule has 3 heteroatoms. The van der Waals surface area contributed by atoms with Gasteiger partial charge in [-0.2, -0.15) is 0 Å². The third-order valence-electron chi connectivity index (χ3n) is 2.15. The molecule has 1 heterocycles. The van der Waals surface area contributed by atoms with E-state index in [2.05, 4.69) is 37.9 Å². The first-order valence-corrected chi connectivity index (χ1v) is 6.23. The molecular weight excluding hydrogens is 206 g/mol. The van der Waals surface area contributed by atoms with Crippen LogP contribution < -0.4 is 0 Å². The van der Waals surface area contributed by atoms with Crippen molar-refractivity contribution < 1.29 is 5.11 Å². The van der Waals surface area contributed by atoms with Crippen molar-refractivity contribution in [2.24, 2.45) is 0 Å². The Bertz CT molecular complexity index is 289. The van der Waals surface area contributed by atoms with Gasteiger partial charge in [0, 0.05) is 18.6 Å². The molecule has 0 aromatic carbocycles. The Hall–Kier alpha value is -0.540. The second kappa shape index (κ2) is 5.52. The summed E-state index contributed by atoms with van der Waals surface area (Å²) in [7, 11) is 0.